The van der Waals surface area contributed by atoms with Crippen LogP contribution in [0.1, 0.15) is 170 Å². The Morgan fingerprint density at radius 2 is 0.727 bits per heavy atom. The molecule has 2 saturated heterocycles. The predicted octanol–water partition coefficient (Wildman–Crippen LogP) is 13.0. The molecule has 1 aromatic rings. The fraction of sp³-hybridized carbons (Fsp3) is 0.882. The Labute approximate surface area is 345 Å². The highest BCUT2D eigenvalue weighted by Crippen LogP contribution is 2.44. The maximum absolute atomic E-state index is 2.92. The molecule has 2 unspecified atom stereocenters. The van der Waals surface area contributed by atoms with Crippen LogP contribution in [-0.2, 0) is 0 Å². The minimum Gasteiger partial charge on any atom is -0.370 e. The van der Waals surface area contributed by atoms with Gasteiger partial charge in [0.1, 0.15) is 0 Å². The molecule has 0 N–H and O–H groups in total. The Bertz CT molecular complexity index is 1310. The van der Waals surface area contributed by atoms with Crippen molar-refractivity contribution in [1.82, 2.24) is 14.7 Å². The Balaban J connectivity index is 2.13. The molecule has 4 heteroatoms. The summed E-state index contributed by atoms with van der Waals surface area (Å²) >= 11 is 0. The lowest BCUT2D eigenvalue weighted by molar-refractivity contribution is 0.0338. The minimum absolute atomic E-state index is 0.152. The van der Waals surface area contributed by atoms with Crippen molar-refractivity contribution < 1.29 is 0 Å². The minimum atomic E-state index is 0.152. The number of rotatable bonds is 5. The third kappa shape index (κ3) is 16.6. The van der Waals surface area contributed by atoms with Gasteiger partial charge < -0.3 is 19.6 Å². The Kier molecular flexibility index (Phi) is 15.5. The smallest absolute Gasteiger partial charge is 0.0366 e. The second kappa shape index (κ2) is 17.6. The average molecular weight is 765 g/mol. The largest absolute Gasteiger partial charge is 0.370 e. The van der Waals surface area contributed by atoms with Crippen LogP contribution in [0.25, 0.3) is 0 Å². The summed E-state index contributed by atoms with van der Waals surface area (Å²) in [6.07, 6.45) is 7.35. The van der Waals surface area contributed by atoms with E-state index in [1.807, 2.05) is 0 Å². The molecule has 2 fully saturated rings. The maximum atomic E-state index is 2.92. The molecule has 0 amide bonds. The Hall–Kier alpha value is -1.10. The number of fused-ring (bicyclic) bond motifs is 3. The first-order valence-corrected chi connectivity index (χ1v) is 22.7. The molecule has 0 radical (unpaired) electrons. The molecule has 0 aliphatic carbocycles. The van der Waals surface area contributed by atoms with Gasteiger partial charge in [-0.15, -0.1) is 0 Å². The van der Waals surface area contributed by atoms with Gasteiger partial charge in [0.25, 0.3) is 0 Å². The zero-order valence-electron chi connectivity index (χ0n) is 40.7. The summed E-state index contributed by atoms with van der Waals surface area (Å²) in [6, 6.07) is 11.3. The quantitative estimate of drug-likeness (QED) is 0.296. The van der Waals surface area contributed by atoms with E-state index >= 15 is 0 Å². The molecule has 4 nitrogen and oxygen atoms in total. The van der Waals surface area contributed by atoms with Gasteiger partial charge in [-0.05, 0) is 99.4 Å². The van der Waals surface area contributed by atoms with Crippen LogP contribution in [0, 0.1) is 48.7 Å². The van der Waals surface area contributed by atoms with Crippen LogP contribution in [-0.4, -0.2) is 86.7 Å². The summed E-state index contributed by atoms with van der Waals surface area (Å²) in [4.78, 5) is 11.4. The summed E-state index contributed by atoms with van der Waals surface area (Å²) in [6.45, 7) is 60.9. The van der Waals surface area contributed by atoms with Crippen molar-refractivity contribution in [3.63, 3.8) is 0 Å². The summed E-state index contributed by atoms with van der Waals surface area (Å²) in [7, 11) is 0. The molecule has 0 aromatic heterocycles. The second-order valence-corrected chi connectivity index (χ2v) is 26.3. The van der Waals surface area contributed by atoms with E-state index in [0.29, 0.717) is 5.41 Å². The first kappa shape index (κ1) is 48.3. The van der Waals surface area contributed by atoms with E-state index in [0.717, 1.165) is 45.8 Å². The van der Waals surface area contributed by atoms with E-state index in [1.165, 1.54) is 70.4 Å². The van der Waals surface area contributed by atoms with Crippen LogP contribution < -0.4 is 4.90 Å². The van der Waals surface area contributed by atoms with Gasteiger partial charge in [0, 0.05) is 77.7 Å². The zero-order valence-corrected chi connectivity index (χ0v) is 40.7. The molecule has 3 rings (SSSR count). The second-order valence-electron chi connectivity index (χ2n) is 26.3. The molecule has 2 heterocycles. The molecular formula is C51H96N4. The molecule has 1 aromatic carbocycles. The molecule has 0 saturated carbocycles. The van der Waals surface area contributed by atoms with Crippen molar-refractivity contribution in [2.45, 2.75) is 170 Å². The van der Waals surface area contributed by atoms with E-state index < -0.39 is 0 Å². The van der Waals surface area contributed by atoms with Crippen LogP contribution in [0.4, 0.5) is 5.69 Å². The molecule has 2 bridgehead atoms. The van der Waals surface area contributed by atoms with Crippen LogP contribution in [0.3, 0.4) is 0 Å². The van der Waals surface area contributed by atoms with Crippen LogP contribution >= 0.6 is 0 Å². The van der Waals surface area contributed by atoms with Gasteiger partial charge in [-0.25, -0.2) is 0 Å². The number of anilines is 1. The van der Waals surface area contributed by atoms with Gasteiger partial charge in [-0.1, -0.05) is 150 Å². The van der Waals surface area contributed by atoms with Gasteiger partial charge in [0.15, 0.2) is 0 Å². The molecule has 2 aliphatic rings. The predicted molar refractivity (Wildman–Crippen MR) is 245 cm³/mol. The van der Waals surface area contributed by atoms with Crippen LogP contribution in [0.2, 0.25) is 0 Å². The van der Waals surface area contributed by atoms with E-state index in [-0.39, 0.29) is 43.3 Å². The standard InChI is InChI=1S/C51H96N4/c1-20-51(19,21-2)41-54-37-47(11,12)30-45(7,8)35-52-27-28-53(34-44(5,6)29-43(3,4)33-52)36-46(9,10)31-49(15,16)39-55(42-25-23-22-24-26-42)40-50(17,18)32-48(13,14)38-54/h22-26H,20-21,27-41H2,1-19H3. The molecular weight excluding hydrogens is 669 g/mol. The van der Waals surface area contributed by atoms with Gasteiger partial charge in [-0.3, -0.25) is 0 Å². The van der Waals surface area contributed by atoms with Gasteiger partial charge in [0.05, 0.1) is 0 Å². The Morgan fingerprint density at radius 1 is 0.436 bits per heavy atom. The monoisotopic (exact) mass is 765 g/mol. The number of hydrogen-bond donors (Lipinski definition) is 0. The number of benzene rings is 1. The van der Waals surface area contributed by atoms with Crippen molar-refractivity contribution in [2.75, 3.05) is 76.9 Å². The summed E-state index contributed by atoms with van der Waals surface area (Å²) in [5.74, 6) is 0. The lowest BCUT2D eigenvalue weighted by atomic mass is 9.71. The van der Waals surface area contributed by atoms with Crippen molar-refractivity contribution in [3.8, 4) is 0 Å². The maximum Gasteiger partial charge on any atom is 0.0366 e. The zero-order chi connectivity index (χ0) is 41.9. The van der Waals surface area contributed by atoms with E-state index in [1.54, 1.807) is 0 Å². The number of nitrogens with zero attached hydrogens (tertiary/aromatic N) is 4. The topological polar surface area (TPSA) is 13.0 Å². The SMILES string of the molecule is CCC(C)(CC)CN1CC(C)(C)CC(C)(C)CN2CCN(CC(C)(C)CC(C)(C)C2)CC(C)(C)CC(C)(C)CN(c2ccccc2)CC(C)(C)CC(C)(C)C1. The molecule has 2 aliphatic heterocycles. The Morgan fingerprint density at radius 3 is 1.04 bits per heavy atom. The van der Waals surface area contributed by atoms with Crippen molar-refractivity contribution in [3.05, 3.63) is 30.3 Å². The number of para-hydroxylation sites is 1. The molecule has 2 atom stereocenters. The summed E-state index contributed by atoms with van der Waals surface area (Å²) in [5, 5.41) is 0. The third-order valence-electron chi connectivity index (χ3n) is 13.1. The van der Waals surface area contributed by atoms with E-state index in [4.69, 9.17) is 0 Å². The molecule has 0 spiro atoms. The first-order chi connectivity index (χ1) is 24.8. The lowest BCUT2D eigenvalue weighted by Gasteiger charge is -2.47. The fourth-order valence-electron chi connectivity index (χ4n) is 13.1. The summed E-state index contributed by atoms with van der Waals surface area (Å²) in [5.41, 5.74) is 3.37. The normalized spacial score (nSPS) is 29.3. The fourth-order valence-corrected chi connectivity index (χ4v) is 13.1. The highest BCUT2D eigenvalue weighted by Gasteiger charge is 2.41. The van der Waals surface area contributed by atoms with Crippen molar-refractivity contribution >= 4 is 5.69 Å². The van der Waals surface area contributed by atoms with Gasteiger partial charge in [-0.2, -0.15) is 0 Å². The molecule has 55 heavy (non-hydrogen) atoms. The van der Waals surface area contributed by atoms with E-state index in [2.05, 4.69) is 181 Å². The third-order valence-corrected chi connectivity index (χ3v) is 13.1. The average Bonchev–Trinajstić information content (AvgIpc) is 2.98. The highest BCUT2D eigenvalue weighted by atomic mass is 15.2. The molecule has 320 valence electrons. The van der Waals surface area contributed by atoms with Gasteiger partial charge in [0.2, 0.25) is 0 Å². The number of hydrogen-bond acceptors (Lipinski definition) is 4. The van der Waals surface area contributed by atoms with Crippen LogP contribution in [0.5, 0.6) is 0 Å². The lowest BCUT2D eigenvalue weighted by Crippen LogP contribution is -2.48. The summed E-state index contributed by atoms with van der Waals surface area (Å²) < 4.78 is 0. The van der Waals surface area contributed by atoms with Crippen LogP contribution in [0.15, 0.2) is 30.3 Å². The highest BCUT2D eigenvalue weighted by molar-refractivity contribution is 5.46. The van der Waals surface area contributed by atoms with Gasteiger partial charge >= 0.3 is 0 Å². The first-order valence-electron chi connectivity index (χ1n) is 22.7. The van der Waals surface area contributed by atoms with Crippen molar-refractivity contribution in [1.29, 1.82) is 0 Å². The van der Waals surface area contributed by atoms with E-state index in [9.17, 15) is 0 Å². The van der Waals surface area contributed by atoms with Crippen molar-refractivity contribution in [2.24, 2.45) is 48.7 Å².